The van der Waals surface area contributed by atoms with Crippen LogP contribution < -0.4 is 9.47 Å². The van der Waals surface area contributed by atoms with E-state index in [4.69, 9.17) is 9.47 Å². The Bertz CT molecular complexity index is 1360. The lowest BCUT2D eigenvalue weighted by Crippen LogP contribution is -2.15. The van der Waals surface area contributed by atoms with Gasteiger partial charge in [-0.2, -0.15) is 0 Å². The number of ether oxygens (including phenoxy) is 2. The van der Waals surface area contributed by atoms with Gasteiger partial charge >= 0.3 is 11.9 Å². The summed E-state index contributed by atoms with van der Waals surface area (Å²) in [5.74, 6) is 0.900. The molecule has 0 aliphatic heterocycles. The summed E-state index contributed by atoms with van der Waals surface area (Å²) in [5.41, 5.74) is 5.45. The molecule has 1 saturated carbocycles. The maximum absolute atomic E-state index is 12.3. The van der Waals surface area contributed by atoms with Crippen molar-refractivity contribution in [2.75, 3.05) is 6.61 Å². The molecule has 1 aliphatic carbocycles. The van der Waals surface area contributed by atoms with Gasteiger partial charge in [-0.3, -0.25) is 0 Å². The van der Waals surface area contributed by atoms with Crippen molar-refractivity contribution in [2.24, 2.45) is 5.92 Å². The summed E-state index contributed by atoms with van der Waals surface area (Å²) in [6.07, 6.45) is 9.86. The number of hydrogen-bond donors (Lipinski definition) is 1. The molecule has 3 aromatic rings. The minimum absolute atomic E-state index is 0.0239. The first-order valence-electron chi connectivity index (χ1n) is 13.7. The number of hydrogen-bond acceptors (Lipinski definition) is 5. The van der Waals surface area contributed by atoms with Gasteiger partial charge in [-0.15, -0.1) is 6.58 Å². The molecule has 0 heterocycles. The topological polar surface area (TPSA) is 72.8 Å². The monoisotopic (exact) mass is 536 g/mol. The number of aliphatic hydroxyl groups excluding tert-OH is 1. The molecular formula is C35H36O5. The van der Waals surface area contributed by atoms with E-state index in [0.29, 0.717) is 17.4 Å². The van der Waals surface area contributed by atoms with E-state index in [0.717, 1.165) is 53.5 Å². The molecule has 5 nitrogen and oxygen atoms in total. The lowest BCUT2D eigenvalue weighted by molar-refractivity contribution is -0.131. The predicted octanol–water partition coefficient (Wildman–Crippen LogP) is 7.81. The first-order chi connectivity index (χ1) is 19.4. The number of benzene rings is 3. The molecule has 0 aromatic heterocycles. The normalized spacial score (nSPS) is 16.5. The number of esters is 2. The zero-order chi connectivity index (χ0) is 28.5. The van der Waals surface area contributed by atoms with Gasteiger partial charge < -0.3 is 14.6 Å². The summed E-state index contributed by atoms with van der Waals surface area (Å²) in [6, 6.07) is 21.5. The molecule has 0 amide bonds. The van der Waals surface area contributed by atoms with Crippen LogP contribution in [0.5, 0.6) is 11.5 Å². The highest BCUT2D eigenvalue weighted by molar-refractivity contribution is 5.90. The van der Waals surface area contributed by atoms with Crippen LogP contribution in [0.15, 0.2) is 104 Å². The molecule has 5 heteroatoms. The van der Waals surface area contributed by atoms with Crippen LogP contribution in [0, 0.1) is 5.92 Å². The van der Waals surface area contributed by atoms with E-state index in [1.165, 1.54) is 24.8 Å². The predicted molar refractivity (Wildman–Crippen MR) is 159 cm³/mol. The van der Waals surface area contributed by atoms with Crippen molar-refractivity contribution in [3.8, 4) is 33.8 Å². The molecule has 1 N–H and O–H groups in total. The molecule has 3 aromatic carbocycles. The molecule has 0 radical (unpaired) electrons. The molecule has 40 heavy (non-hydrogen) atoms. The van der Waals surface area contributed by atoms with Gasteiger partial charge in [-0.05, 0) is 102 Å². The van der Waals surface area contributed by atoms with E-state index in [-0.39, 0.29) is 5.57 Å². The smallest absolute Gasteiger partial charge is 0.341 e. The first kappa shape index (κ1) is 28.8. The highest BCUT2D eigenvalue weighted by Gasteiger charge is 2.25. The fourth-order valence-corrected chi connectivity index (χ4v) is 5.28. The van der Waals surface area contributed by atoms with Gasteiger partial charge in [0.05, 0.1) is 12.2 Å². The molecule has 206 valence electrons. The number of rotatable bonds is 11. The highest BCUT2D eigenvalue weighted by Crippen LogP contribution is 2.43. The first-order valence-corrected chi connectivity index (χ1v) is 13.7. The highest BCUT2D eigenvalue weighted by atomic mass is 16.5. The van der Waals surface area contributed by atoms with Gasteiger partial charge in [0.2, 0.25) is 0 Å². The number of aliphatic hydroxyl groups is 1. The zero-order valence-corrected chi connectivity index (χ0v) is 22.8. The molecular weight excluding hydrogens is 500 g/mol. The van der Waals surface area contributed by atoms with Crippen LogP contribution in [0.3, 0.4) is 0 Å². The van der Waals surface area contributed by atoms with E-state index in [9.17, 15) is 14.7 Å². The molecule has 0 spiro atoms. The van der Waals surface area contributed by atoms with Crippen LogP contribution in [-0.2, 0) is 9.59 Å². The molecule has 1 aliphatic rings. The van der Waals surface area contributed by atoms with E-state index in [2.05, 4.69) is 44.0 Å². The Morgan fingerprint density at radius 3 is 2.02 bits per heavy atom. The van der Waals surface area contributed by atoms with Crippen LogP contribution in [-0.4, -0.2) is 23.7 Å². The molecule has 0 unspecified atom stereocenters. The second-order valence-electron chi connectivity index (χ2n) is 10.2. The van der Waals surface area contributed by atoms with Crippen LogP contribution in [0.2, 0.25) is 0 Å². The average molecular weight is 537 g/mol. The maximum atomic E-state index is 12.3. The fraction of sp³-hybridized carbons (Fsp3) is 0.257. The quantitative estimate of drug-likeness (QED) is 0.117. The Hall–Kier alpha value is -4.22. The summed E-state index contributed by atoms with van der Waals surface area (Å²) in [4.78, 5) is 23.7. The molecule has 0 saturated heterocycles. The van der Waals surface area contributed by atoms with Gasteiger partial charge in [-0.1, -0.05) is 61.7 Å². The molecule has 0 atom stereocenters. The van der Waals surface area contributed by atoms with E-state index < -0.39 is 18.5 Å². The number of carbonyl (C=O) groups is 2. The summed E-state index contributed by atoms with van der Waals surface area (Å²) in [5, 5.41) is 9.25. The average Bonchev–Trinajstić information content (AvgIpc) is 3.00. The second kappa shape index (κ2) is 13.7. The van der Waals surface area contributed by atoms with Crippen molar-refractivity contribution < 1.29 is 24.2 Å². The van der Waals surface area contributed by atoms with Gasteiger partial charge in [0.25, 0.3) is 0 Å². The van der Waals surface area contributed by atoms with Crippen molar-refractivity contribution in [3.05, 3.63) is 110 Å². The third-order valence-electron chi connectivity index (χ3n) is 7.55. The van der Waals surface area contributed by atoms with Gasteiger partial charge in [-0.25, -0.2) is 9.59 Å². The van der Waals surface area contributed by atoms with E-state index >= 15 is 0 Å². The lowest BCUT2D eigenvalue weighted by atomic mass is 9.75. The second-order valence-corrected chi connectivity index (χ2v) is 10.2. The standard InChI is InChI=1S/C35H36O5/c1-4-6-7-25-8-10-29(11-9-25)33-22-31(40-35(38)24(3)23-36)20-21-32(33)28-14-12-26(13-15-28)27-16-18-30(19-17-27)39-34(37)5-2/h4-5,12-22,25,29,36H,1-3,6-11,23H2. The number of carbonyl (C=O) groups excluding carboxylic acids is 2. The maximum Gasteiger partial charge on any atom is 0.341 e. The summed E-state index contributed by atoms with van der Waals surface area (Å²) >= 11 is 0. The summed E-state index contributed by atoms with van der Waals surface area (Å²) in [7, 11) is 0. The molecule has 4 rings (SSSR count). The minimum Gasteiger partial charge on any atom is -0.423 e. The van der Waals surface area contributed by atoms with Crippen molar-refractivity contribution in [3.63, 3.8) is 0 Å². The van der Waals surface area contributed by atoms with E-state index in [1.54, 1.807) is 18.2 Å². The Labute approximate surface area is 236 Å². The van der Waals surface area contributed by atoms with Gasteiger partial charge in [0, 0.05) is 6.08 Å². The molecule has 1 fully saturated rings. The Morgan fingerprint density at radius 2 is 1.43 bits per heavy atom. The van der Waals surface area contributed by atoms with Crippen LogP contribution >= 0.6 is 0 Å². The minimum atomic E-state index is -0.621. The SMILES string of the molecule is C=CCCC1CCC(c2cc(OC(=O)C(=C)CO)ccc2-c2ccc(-c3ccc(OC(=O)C=C)cc3)cc2)CC1. The number of allylic oxidation sites excluding steroid dienone is 1. The van der Waals surface area contributed by atoms with Crippen molar-refractivity contribution >= 4 is 11.9 Å². The fourth-order valence-electron chi connectivity index (χ4n) is 5.28. The van der Waals surface area contributed by atoms with Crippen molar-refractivity contribution in [1.29, 1.82) is 0 Å². The Morgan fingerprint density at radius 1 is 0.825 bits per heavy atom. The van der Waals surface area contributed by atoms with Crippen LogP contribution in [0.25, 0.3) is 22.3 Å². The largest absolute Gasteiger partial charge is 0.423 e. The lowest BCUT2D eigenvalue weighted by Gasteiger charge is -2.30. The summed E-state index contributed by atoms with van der Waals surface area (Å²) < 4.78 is 10.7. The third kappa shape index (κ3) is 7.25. The van der Waals surface area contributed by atoms with Gasteiger partial charge in [0.15, 0.2) is 0 Å². The van der Waals surface area contributed by atoms with E-state index in [1.807, 2.05) is 30.3 Å². The Balaban J connectivity index is 1.58. The Kier molecular flexibility index (Phi) is 9.87. The molecule has 0 bridgehead atoms. The van der Waals surface area contributed by atoms with Crippen molar-refractivity contribution in [1.82, 2.24) is 0 Å². The van der Waals surface area contributed by atoms with Gasteiger partial charge in [0.1, 0.15) is 11.5 Å². The van der Waals surface area contributed by atoms with Crippen molar-refractivity contribution in [2.45, 2.75) is 44.4 Å². The summed E-state index contributed by atoms with van der Waals surface area (Å²) in [6.45, 7) is 10.4. The zero-order valence-electron chi connectivity index (χ0n) is 22.8. The van der Waals surface area contributed by atoms with Crippen LogP contribution in [0.1, 0.15) is 50.0 Å². The van der Waals surface area contributed by atoms with Crippen LogP contribution in [0.4, 0.5) is 0 Å². The third-order valence-corrected chi connectivity index (χ3v) is 7.55.